The first-order chi connectivity index (χ1) is 30.1. The van der Waals surface area contributed by atoms with E-state index in [1.165, 1.54) is 53.9 Å². The van der Waals surface area contributed by atoms with Crippen molar-refractivity contribution in [3.63, 3.8) is 0 Å². The van der Waals surface area contributed by atoms with Gasteiger partial charge in [0.2, 0.25) is 0 Å². The van der Waals surface area contributed by atoms with E-state index in [2.05, 4.69) is 138 Å². The maximum absolute atomic E-state index is 9.37. The van der Waals surface area contributed by atoms with Gasteiger partial charge in [-0.3, -0.25) is 0 Å². The van der Waals surface area contributed by atoms with Crippen LogP contribution in [0.4, 0.5) is 0 Å². The fraction of sp³-hybridized carbons (Fsp3) is 0.158. The molecule has 10 aromatic rings. The SMILES string of the molecule is [2H]C(C)(C)c1ccnc(-c2[c-]cc3c(ccc4ccccc43)c2)c1.[2H]C1(c2ccccc2)CCC([2H])(c2ccnc(-c3[c-]cc4c5ccccc5c5ccccc5c4c3)c2)CC1.[Ir]. The number of pyridine rings is 2. The Morgan fingerprint density at radius 2 is 1.00 bits per heavy atom. The molecule has 0 spiro atoms. The van der Waals surface area contributed by atoms with Crippen LogP contribution in [0.5, 0.6) is 0 Å². The Kier molecular flexibility index (Phi) is 10.4. The maximum Gasteiger partial charge on any atom is 0.0352 e. The fourth-order valence-electron chi connectivity index (χ4n) is 8.88. The Balaban J connectivity index is 0.000000174. The molecule has 11 rings (SSSR count). The molecular formula is C57H46IrN2-2. The van der Waals surface area contributed by atoms with E-state index in [0.717, 1.165) is 39.2 Å². The molecule has 0 amide bonds. The van der Waals surface area contributed by atoms with Crippen LogP contribution in [0.25, 0.3) is 76.4 Å². The standard InChI is InChI=1S/C35H28N.C22H18N.Ir/c1-2-8-24(9-3-1)25-14-16-26(17-15-25)27-20-21-36-35(23-27)28-18-19-33-31-12-5-4-10-29(31)30-11-6-7-13-32(30)34(33)22-28;1-15(2)17-11-12-23-22(14-17)19-9-10-21-18(13-19)8-7-16-5-3-4-6-20(16)21;/h1-13,19-23,25-26H,14-17H2;3-8,10-15H,1-2H3;/q2*-1;/i25D,26D;15D;. The van der Waals surface area contributed by atoms with E-state index in [4.69, 9.17) is 7.73 Å². The van der Waals surface area contributed by atoms with Crippen molar-refractivity contribution in [1.29, 1.82) is 0 Å². The number of aromatic nitrogens is 2. The molecule has 2 nitrogen and oxygen atoms in total. The summed E-state index contributed by atoms with van der Waals surface area (Å²) in [5.74, 6) is -1.96. The number of hydrogen-bond donors (Lipinski definition) is 0. The zero-order chi connectivity index (χ0) is 42.5. The summed E-state index contributed by atoms with van der Waals surface area (Å²) in [6, 6.07) is 63.3. The number of fused-ring (bicyclic) bond motifs is 9. The summed E-state index contributed by atoms with van der Waals surface area (Å²) in [5.41, 5.74) is 6.61. The van der Waals surface area contributed by atoms with Crippen molar-refractivity contribution in [3.05, 3.63) is 205 Å². The summed E-state index contributed by atoms with van der Waals surface area (Å²) < 4.78 is 26.7. The second kappa shape index (κ2) is 17.3. The Morgan fingerprint density at radius 3 is 1.68 bits per heavy atom. The molecule has 0 atom stereocenters. The first kappa shape index (κ1) is 35.9. The Bertz CT molecular complexity index is 3240. The molecule has 1 aliphatic carbocycles. The van der Waals surface area contributed by atoms with Crippen LogP contribution in [0.3, 0.4) is 0 Å². The van der Waals surface area contributed by atoms with Gasteiger partial charge in [-0.1, -0.05) is 179 Å². The number of nitrogens with zero attached hydrogens (tertiary/aromatic N) is 2. The molecule has 2 aromatic heterocycles. The Hall–Kier alpha value is -5.99. The monoisotopic (exact) mass is 954 g/mol. The van der Waals surface area contributed by atoms with Gasteiger partial charge in [0.25, 0.3) is 0 Å². The van der Waals surface area contributed by atoms with Crippen LogP contribution in [0, 0.1) is 12.1 Å². The van der Waals surface area contributed by atoms with Crippen molar-refractivity contribution in [2.75, 3.05) is 0 Å². The third kappa shape index (κ3) is 7.77. The van der Waals surface area contributed by atoms with Gasteiger partial charge < -0.3 is 9.97 Å². The zero-order valence-electron chi connectivity index (χ0n) is 36.8. The van der Waals surface area contributed by atoms with E-state index in [9.17, 15) is 1.37 Å². The van der Waals surface area contributed by atoms with E-state index in [1.807, 2.05) is 62.5 Å². The maximum atomic E-state index is 9.37. The molecule has 1 saturated carbocycles. The minimum atomic E-state index is -0.712. The van der Waals surface area contributed by atoms with Crippen molar-refractivity contribution >= 4 is 53.9 Å². The molecule has 0 N–H and O–H groups in total. The molecule has 3 heteroatoms. The Labute approximate surface area is 370 Å². The summed E-state index contributed by atoms with van der Waals surface area (Å²) in [5, 5.41) is 12.2. The van der Waals surface area contributed by atoms with Gasteiger partial charge in [0, 0.05) is 36.6 Å². The molecule has 1 fully saturated rings. The van der Waals surface area contributed by atoms with Gasteiger partial charge in [0.05, 0.1) is 0 Å². The summed E-state index contributed by atoms with van der Waals surface area (Å²) in [6.45, 7) is 3.78. The van der Waals surface area contributed by atoms with Gasteiger partial charge in [0.15, 0.2) is 0 Å². The molecule has 1 radical (unpaired) electrons. The minimum absolute atomic E-state index is 0. The van der Waals surface area contributed by atoms with Crippen molar-refractivity contribution in [1.82, 2.24) is 9.97 Å². The second-order valence-electron chi connectivity index (χ2n) is 15.8. The number of hydrogen-bond acceptors (Lipinski definition) is 2. The molecule has 295 valence electrons. The molecule has 1 aliphatic rings. The molecule has 0 saturated heterocycles. The summed E-state index contributed by atoms with van der Waals surface area (Å²) in [7, 11) is 0. The van der Waals surface area contributed by atoms with Crippen molar-refractivity contribution in [2.24, 2.45) is 0 Å². The third-order valence-corrected chi connectivity index (χ3v) is 12.0. The predicted molar refractivity (Wildman–Crippen MR) is 249 cm³/mol. The van der Waals surface area contributed by atoms with Gasteiger partial charge in [-0.2, -0.15) is 0 Å². The van der Waals surface area contributed by atoms with Crippen LogP contribution in [0.15, 0.2) is 176 Å². The van der Waals surface area contributed by atoms with Crippen LogP contribution in [-0.2, 0) is 20.1 Å². The normalized spacial score (nSPS) is 18.6. The molecule has 60 heavy (non-hydrogen) atoms. The average molecular weight is 954 g/mol. The molecular weight excluding hydrogens is 905 g/mol. The first-order valence-electron chi connectivity index (χ1n) is 22.1. The smallest absolute Gasteiger partial charge is 0.0352 e. The molecule has 0 aliphatic heterocycles. The van der Waals surface area contributed by atoms with Crippen LogP contribution < -0.4 is 0 Å². The molecule has 0 bridgehead atoms. The summed E-state index contributed by atoms with van der Waals surface area (Å²) in [4.78, 5) is 9.19. The second-order valence-corrected chi connectivity index (χ2v) is 15.8. The van der Waals surface area contributed by atoms with E-state index in [1.54, 1.807) is 6.20 Å². The van der Waals surface area contributed by atoms with Crippen LogP contribution in [0.2, 0.25) is 0 Å². The van der Waals surface area contributed by atoms with Crippen molar-refractivity contribution < 1.29 is 24.2 Å². The molecule has 8 aromatic carbocycles. The quantitative estimate of drug-likeness (QED) is 0.127. The first-order valence-corrected chi connectivity index (χ1v) is 20.6. The van der Waals surface area contributed by atoms with Crippen LogP contribution >= 0.6 is 0 Å². The van der Waals surface area contributed by atoms with Crippen LogP contribution in [0.1, 0.15) is 78.0 Å². The minimum Gasteiger partial charge on any atom is -0.305 e. The van der Waals surface area contributed by atoms with Crippen molar-refractivity contribution in [3.8, 4) is 22.5 Å². The topological polar surface area (TPSA) is 25.8 Å². The summed E-state index contributed by atoms with van der Waals surface area (Å²) >= 11 is 0. The van der Waals surface area contributed by atoms with E-state index in [0.29, 0.717) is 25.7 Å². The third-order valence-electron chi connectivity index (χ3n) is 12.0. The predicted octanol–water partition coefficient (Wildman–Crippen LogP) is 15.4. The van der Waals surface area contributed by atoms with E-state index in [-0.39, 0.29) is 20.1 Å². The zero-order valence-corrected chi connectivity index (χ0v) is 36.2. The van der Waals surface area contributed by atoms with Gasteiger partial charge in [0.1, 0.15) is 0 Å². The van der Waals surface area contributed by atoms with Crippen molar-refractivity contribution in [2.45, 2.75) is 57.2 Å². The largest absolute Gasteiger partial charge is 0.305 e. The summed E-state index contributed by atoms with van der Waals surface area (Å²) in [6.07, 6.45) is 6.29. The van der Waals surface area contributed by atoms with Gasteiger partial charge >= 0.3 is 0 Å². The van der Waals surface area contributed by atoms with Gasteiger partial charge in [-0.25, -0.2) is 0 Å². The average Bonchev–Trinajstić information content (AvgIpc) is 3.32. The fourth-order valence-corrected chi connectivity index (χ4v) is 8.88. The number of rotatable bonds is 5. The molecule has 2 heterocycles. The Morgan fingerprint density at radius 1 is 0.483 bits per heavy atom. The molecule has 0 unspecified atom stereocenters. The van der Waals surface area contributed by atoms with Gasteiger partial charge in [-0.15, -0.1) is 52.9 Å². The van der Waals surface area contributed by atoms with Crippen LogP contribution in [-0.4, -0.2) is 9.97 Å². The van der Waals surface area contributed by atoms with E-state index >= 15 is 0 Å². The van der Waals surface area contributed by atoms with E-state index < -0.39 is 17.7 Å². The number of benzene rings is 8. The van der Waals surface area contributed by atoms with Gasteiger partial charge in [-0.05, 0) is 94.0 Å².